The van der Waals surface area contributed by atoms with Crippen LogP contribution in [-0.2, 0) is 6.42 Å². The molecule has 0 unspecified atom stereocenters. The highest BCUT2D eigenvalue weighted by Crippen LogP contribution is 2.16. The highest BCUT2D eigenvalue weighted by molar-refractivity contribution is 7.13. The molecule has 0 aliphatic rings. The van der Waals surface area contributed by atoms with E-state index in [1.165, 1.54) is 0 Å². The van der Waals surface area contributed by atoms with Crippen LogP contribution in [0.3, 0.4) is 0 Å². The lowest BCUT2D eigenvalue weighted by Crippen LogP contribution is -2.09. The van der Waals surface area contributed by atoms with Crippen LogP contribution in [0, 0.1) is 0 Å². The average molecular weight is 199 g/mol. The molecule has 13 heavy (non-hydrogen) atoms. The first-order valence-electron chi connectivity index (χ1n) is 4.63. The molecule has 1 aromatic heterocycles. The van der Waals surface area contributed by atoms with Gasteiger partial charge in [-0.2, -0.15) is 0 Å². The van der Waals surface area contributed by atoms with Crippen LogP contribution in [0.4, 0.5) is 5.13 Å². The average Bonchev–Trinajstić information content (AvgIpc) is 2.48. The molecular formula is C9H17N3S. The summed E-state index contributed by atoms with van der Waals surface area (Å²) in [4.78, 5) is 4.44. The number of nitrogens with one attached hydrogen (secondary N) is 1. The van der Waals surface area contributed by atoms with Gasteiger partial charge in [-0.1, -0.05) is 0 Å². The van der Waals surface area contributed by atoms with E-state index in [1.807, 2.05) is 0 Å². The van der Waals surface area contributed by atoms with E-state index >= 15 is 0 Å². The molecule has 0 aliphatic carbocycles. The topological polar surface area (TPSA) is 50.9 Å². The molecule has 0 saturated heterocycles. The zero-order valence-electron chi connectivity index (χ0n) is 8.21. The molecule has 0 bridgehead atoms. The smallest absolute Gasteiger partial charge is 0.183 e. The molecule has 0 fully saturated rings. The minimum atomic E-state index is 0.452. The third-order valence-corrected chi connectivity index (χ3v) is 2.42. The van der Waals surface area contributed by atoms with Gasteiger partial charge in [0.2, 0.25) is 0 Å². The molecule has 1 heterocycles. The molecule has 0 amide bonds. The Morgan fingerprint density at radius 2 is 2.38 bits per heavy atom. The van der Waals surface area contributed by atoms with Gasteiger partial charge in [-0.3, -0.25) is 0 Å². The maximum Gasteiger partial charge on any atom is 0.183 e. The van der Waals surface area contributed by atoms with Crippen molar-refractivity contribution in [3.05, 3.63) is 11.1 Å². The van der Waals surface area contributed by atoms with Crippen molar-refractivity contribution in [3.63, 3.8) is 0 Å². The summed E-state index contributed by atoms with van der Waals surface area (Å²) in [5.41, 5.74) is 6.58. The minimum Gasteiger partial charge on any atom is -0.359 e. The molecule has 0 aromatic carbocycles. The van der Waals surface area contributed by atoms with Gasteiger partial charge in [0.25, 0.3) is 0 Å². The van der Waals surface area contributed by atoms with Crippen molar-refractivity contribution in [2.75, 3.05) is 11.9 Å². The summed E-state index contributed by atoms with van der Waals surface area (Å²) < 4.78 is 0. The Kier molecular flexibility index (Phi) is 4.18. The normalized spacial score (nSPS) is 10.8. The molecule has 0 aliphatic heterocycles. The molecule has 4 heteroatoms. The highest BCUT2D eigenvalue weighted by Gasteiger charge is 2.01. The van der Waals surface area contributed by atoms with Crippen molar-refractivity contribution in [1.82, 2.24) is 4.98 Å². The molecule has 1 rings (SSSR count). The number of nitrogens with two attached hydrogens (primary N) is 1. The van der Waals surface area contributed by atoms with Gasteiger partial charge in [0, 0.05) is 11.4 Å². The zero-order chi connectivity index (χ0) is 9.68. The summed E-state index contributed by atoms with van der Waals surface area (Å²) in [5.74, 6) is 0. The van der Waals surface area contributed by atoms with Crippen LogP contribution in [0.1, 0.15) is 26.0 Å². The Morgan fingerprint density at radius 3 is 3.00 bits per heavy atom. The van der Waals surface area contributed by atoms with Crippen LogP contribution in [0.5, 0.6) is 0 Å². The second-order valence-corrected chi connectivity index (χ2v) is 4.19. The Labute approximate surface area is 83.4 Å². The van der Waals surface area contributed by atoms with E-state index in [-0.39, 0.29) is 0 Å². The molecule has 0 saturated carbocycles. The maximum absolute atomic E-state index is 5.42. The first-order valence-corrected chi connectivity index (χ1v) is 5.51. The third kappa shape index (κ3) is 3.74. The second kappa shape index (κ2) is 5.19. The Balaban J connectivity index is 2.44. The fourth-order valence-electron chi connectivity index (χ4n) is 1.02. The van der Waals surface area contributed by atoms with E-state index in [9.17, 15) is 0 Å². The predicted molar refractivity (Wildman–Crippen MR) is 58.2 cm³/mol. The first kappa shape index (κ1) is 10.5. The summed E-state index contributed by atoms with van der Waals surface area (Å²) in [5, 5.41) is 6.39. The standard InChI is InChI=1S/C9H17N3S/c1-7(2)11-9-12-8(6-13-9)4-3-5-10/h6-7H,3-5,10H2,1-2H3,(H,11,12). The van der Waals surface area contributed by atoms with Gasteiger partial charge in [-0.25, -0.2) is 4.98 Å². The molecule has 0 atom stereocenters. The summed E-state index contributed by atoms with van der Waals surface area (Å²) >= 11 is 1.67. The zero-order valence-corrected chi connectivity index (χ0v) is 9.03. The van der Waals surface area contributed by atoms with Crippen molar-refractivity contribution in [2.24, 2.45) is 5.73 Å². The van der Waals surface area contributed by atoms with E-state index in [1.54, 1.807) is 11.3 Å². The summed E-state index contributed by atoms with van der Waals surface area (Å²) in [7, 11) is 0. The molecule has 3 nitrogen and oxygen atoms in total. The van der Waals surface area contributed by atoms with Crippen molar-refractivity contribution in [1.29, 1.82) is 0 Å². The van der Waals surface area contributed by atoms with Crippen molar-refractivity contribution >= 4 is 16.5 Å². The van der Waals surface area contributed by atoms with E-state index in [0.717, 1.165) is 30.2 Å². The summed E-state index contributed by atoms with van der Waals surface area (Å²) in [6.07, 6.45) is 2.01. The third-order valence-electron chi connectivity index (χ3n) is 1.60. The van der Waals surface area contributed by atoms with Crippen LogP contribution in [-0.4, -0.2) is 17.6 Å². The number of thiazole rings is 1. The number of aromatic nitrogens is 1. The largest absolute Gasteiger partial charge is 0.359 e. The van der Waals surface area contributed by atoms with Gasteiger partial charge in [0.1, 0.15) is 0 Å². The lowest BCUT2D eigenvalue weighted by atomic mass is 10.2. The SMILES string of the molecule is CC(C)Nc1nc(CCCN)cs1. The minimum absolute atomic E-state index is 0.452. The number of nitrogens with zero attached hydrogens (tertiary/aromatic N) is 1. The molecule has 74 valence electrons. The molecular weight excluding hydrogens is 182 g/mol. The second-order valence-electron chi connectivity index (χ2n) is 3.34. The quantitative estimate of drug-likeness (QED) is 0.761. The van der Waals surface area contributed by atoms with E-state index in [2.05, 4.69) is 29.5 Å². The van der Waals surface area contributed by atoms with Gasteiger partial charge in [0.05, 0.1) is 5.69 Å². The van der Waals surface area contributed by atoms with Gasteiger partial charge < -0.3 is 11.1 Å². The number of aryl methyl sites for hydroxylation is 1. The van der Waals surface area contributed by atoms with E-state index in [0.29, 0.717) is 6.04 Å². The number of hydrogen-bond donors (Lipinski definition) is 2. The van der Waals surface area contributed by atoms with E-state index < -0.39 is 0 Å². The molecule has 0 radical (unpaired) electrons. The number of hydrogen-bond acceptors (Lipinski definition) is 4. The van der Waals surface area contributed by atoms with Crippen LogP contribution >= 0.6 is 11.3 Å². The van der Waals surface area contributed by atoms with Gasteiger partial charge >= 0.3 is 0 Å². The van der Waals surface area contributed by atoms with Crippen LogP contribution in [0.2, 0.25) is 0 Å². The Hall–Kier alpha value is -0.610. The molecule has 0 spiro atoms. The number of rotatable bonds is 5. The van der Waals surface area contributed by atoms with Crippen molar-refractivity contribution in [2.45, 2.75) is 32.7 Å². The summed E-state index contributed by atoms with van der Waals surface area (Å²) in [6.45, 7) is 4.96. The maximum atomic E-state index is 5.42. The van der Waals surface area contributed by atoms with Crippen LogP contribution in [0.25, 0.3) is 0 Å². The Morgan fingerprint density at radius 1 is 1.62 bits per heavy atom. The highest BCUT2D eigenvalue weighted by atomic mass is 32.1. The monoisotopic (exact) mass is 199 g/mol. The number of anilines is 1. The first-order chi connectivity index (χ1) is 6.22. The summed E-state index contributed by atoms with van der Waals surface area (Å²) in [6, 6.07) is 0.452. The lowest BCUT2D eigenvalue weighted by Gasteiger charge is -2.04. The van der Waals surface area contributed by atoms with Crippen LogP contribution in [0.15, 0.2) is 5.38 Å². The van der Waals surface area contributed by atoms with E-state index in [4.69, 9.17) is 5.73 Å². The van der Waals surface area contributed by atoms with Crippen molar-refractivity contribution in [3.8, 4) is 0 Å². The van der Waals surface area contributed by atoms with Crippen molar-refractivity contribution < 1.29 is 0 Å². The van der Waals surface area contributed by atoms with Crippen LogP contribution < -0.4 is 11.1 Å². The van der Waals surface area contributed by atoms with Gasteiger partial charge in [-0.15, -0.1) is 11.3 Å². The molecule has 3 N–H and O–H groups in total. The fraction of sp³-hybridized carbons (Fsp3) is 0.667. The van der Waals surface area contributed by atoms with Gasteiger partial charge in [-0.05, 0) is 33.2 Å². The fourth-order valence-corrected chi connectivity index (χ4v) is 1.91. The Bertz CT molecular complexity index is 245. The lowest BCUT2D eigenvalue weighted by molar-refractivity contribution is 0.813. The predicted octanol–water partition coefficient (Wildman–Crippen LogP) is 1.85. The van der Waals surface area contributed by atoms with Gasteiger partial charge in [0.15, 0.2) is 5.13 Å². The molecule has 1 aromatic rings.